The summed E-state index contributed by atoms with van der Waals surface area (Å²) in [6, 6.07) is 5.42. The maximum Gasteiger partial charge on any atom is 0.341 e. The van der Waals surface area contributed by atoms with Crippen LogP contribution in [0, 0.1) is 5.92 Å². The van der Waals surface area contributed by atoms with Crippen LogP contribution >= 0.6 is 22.7 Å². The standard InChI is InChI=1S/C27H33N3O8S3/c1-5-38-26(33)24-18-8-6-16(2)12-20(18)39-25(24)28-22(31)14-41(34,35)15-23(32)29-27-30(10-11-36-3)19-9-7-17(37-4)13-21(19)40-27/h7,9,13,16H,5-6,8,10-12,14-15H2,1-4H3,(H,28,31). The number of thiazole rings is 1. The molecule has 222 valence electrons. The zero-order chi connectivity index (χ0) is 29.7. The Kier molecular flexibility index (Phi) is 10.00. The van der Waals surface area contributed by atoms with E-state index < -0.39 is 39.1 Å². The van der Waals surface area contributed by atoms with Crippen LogP contribution in [0.3, 0.4) is 0 Å². The third-order valence-corrected chi connectivity index (χ3v) is 10.2. The molecule has 2 amide bonds. The zero-order valence-corrected chi connectivity index (χ0v) is 25.8. The highest BCUT2D eigenvalue weighted by molar-refractivity contribution is 7.92. The molecule has 11 nitrogen and oxygen atoms in total. The van der Waals surface area contributed by atoms with Crippen molar-refractivity contribution in [2.75, 3.05) is 44.3 Å². The highest BCUT2D eigenvalue weighted by Gasteiger charge is 2.30. The topological polar surface area (TPSA) is 142 Å². The first-order chi connectivity index (χ1) is 19.5. The van der Waals surface area contributed by atoms with E-state index in [-0.39, 0.29) is 17.2 Å². The summed E-state index contributed by atoms with van der Waals surface area (Å²) in [5.41, 5.74) is 1.94. The number of aromatic nitrogens is 1. The second-order valence-electron chi connectivity index (χ2n) is 9.73. The lowest BCUT2D eigenvalue weighted by Gasteiger charge is -2.18. The Balaban J connectivity index is 1.52. The van der Waals surface area contributed by atoms with E-state index in [1.54, 1.807) is 31.8 Å². The first-order valence-corrected chi connectivity index (χ1v) is 16.6. The van der Waals surface area contributed by atoms with Gasteiger partial charge in [0.15, 0.2) is 14.6 Å². The minimum atomic E-state index is -4.16. The van der Waals surface area contributed by atoms with Gasteiger partial charge in [0.1, 0.15) is 22.3 Å². The average Bonchev–Trinajstić information content (AvgIpc) is 3.42. The molecule has 2 heterocycles. The molecular formula is C27H33N3O8S3. The van der Waals surface area contributed by atoms with Crippen LogP contribution in [0.1, 0.15) is 41.1 Å². The number of hydrogen-bond donors (Lipinski definition) is 1. The number of hydrogen-bond acceptors (Lipinski definition) is 10. The second-order valence-corrected chi connectivity index (χ2v) is 13.9. The number of esters is 1. The largest absolute Gasteiger partial charge is 0.497 e. The molecule has 1 aromatic carbocycles. The van der Waals surface area contributed by atoms with Crippen LogP contribution in [0.4, 0.5) is 5.00 Å². The number of thiophene rings is 1. The fraction of sp³-hybridized carbons (Fsp3) is 0.481. The van der Waals surface area contributed by atoms with Crippen LogP contribution in [0.2, 0.25) is 0 Å². The number of fused-ring (bicyclic) bond motifs is 2. The molecule has 0 aliphatic heterocycles. The van der Waals surface area contributed by atoms with Gasteiger partial charge in [0, 0.05) is 18.5 Å². The molecule has 14 heteroatoms. The van der Waals surface area contributed by atoms with Gasteiger partial charge in [0.2, 0.25) is 5.91 Å². The molecule has 3 aromatic rings. The molecule has 1 aliphatic carbocycles. The van der Waals surface area contributed by atoms with Crippen LogP contribution in [-0.2, 0) is 48.3 Å². The molecule has 1 aliphatic rings. The molecule has 0 spiro atoms. The Bertz CT molecular complexity index is 1630. The van der Waals surface area contributed by atoms with Gasteiger partial charge < -0.3 is 24.1 Å². The molecule has 0 bridgehead atoms. The van der Waals surface area contributed by atoms with Gasteiger partial charge in [-0.3, -0.25) is 9.59 Å². The van der Waals surface area contributed by atoms with Gasteiger partial charge >= 0.3 is 5.97 Å². The van der Waals surface area contributed by atoms with Crippen molar-refractivity contribution >= 4 is 65.5 Å². The van der Waals surface area contributed by atoms with Crippen molar-refractivity contribution < 1.29 is 37.0 Å². The Morgan fingerprint density at radius 1 is 1.17 bits per heavy atom. The van der Waals surface area contributed by atoms with Gasteiger partial charge in [-0.25, -0.2) is 13.2 Å². The average molecular weight is 624 g/mol. The van der Waals surface area contributed by atoms with Crippen LogP contribution in [0.15, 0.2) is 23.2 Å². The Labute approximate surface area is 246 Å². The van der Waals surface area contributed by atoms with E-state index in [2.05, 4.69) is 17.2 Å². The van der Waals surface area contributed by atoms with Crippen molar-refractivity contribution in [1.82, 2.24) is 4.57 Å². The van der Waals surface area contributed by atoms with Crippen LogP contribution < -0.4 is 14.9 Å². The monoisotopic (exact) mass is 623 g/mol. The van der Waals surface area contributed by atoms with E-state index in [0.717, 1.165) is 33.5 Å². The Hall–Kier alpha value is -3.07. The molecule has 1 atom stereocenters. The molecule has 1 N–H and O–H groups in total. The predicted molar refractivity (Wildman–Crippen MR) is 158 cm³/mol. The third-order valence-electron chi connectivity index (χ3n) is 6.57. The summed E-state index contributed by atoms with van der Waals surface area (Å²) in [6.07, 6.45) is 2.36. The zero-order valence-electron chi connectivity index (χ0n) is 23.4. The highest BCUT2D eigenvalue weighted by atomic mass is 32.2. The lowest BCUT2D eigenvalue weighted by atomic mass is 9.88. The van der Waals surface area contributed by atoms with Crippen LogP contribution in [0.25, 0.3) is 10.2 Å². The number of ether oxygens (including phenoxy) is 3. The van der Waals surface area contributed by atoms with E-state index in [1.165, 1.54) is 22.7 Å². The predicted octanol–water partition coefficient (Wildman–Crippen LogP) is 3.20. The molecule has 1 unspecified atom stereocenters. The first kappa shape index (κ1) is 30.9. The van der Waals surface area contributed by atoms with Crippen molar-refractivity contribution in [1.29, 1.82) is 0 Å². The smallest absolute Gasteiger partial charge is 0.341 e. The third kappa shape index (κ3) is 7.42. The number of sulfone groups is 1. The van der Waals surface area contributed by atoms with Crippen LogP contribution in [0.5, 0.6) is 5.75 Å². The SMILES string of the molecule is CCOC(=O)c1c(NC(=O)CS(=O)(=O)CC(=O)N=c2sc3cc(OC)ccc3n2CCOC)sc2c1CCC(C)C2. The number of benzene rings is 1. The number of rotatable bonds is 11. The van der Waals surface area contributed by atoms with Gasteiger partial charge in [-0.1, -0.05) is 18.3 Å². The van der Waals surface area contributed by atoms with Crippen molar-refractivity contribution in [2.45, 2.75) is 39.7 Å². The number of amides is 2. The van der Waals surface area contributed by atoms with E-state index in [1.807, 2.05) is 12.1 Å². The number of anilines is 1. The number of nitrogens with zero attached hydrogens (tertiary/aromatic N) is 2. The van der Waals surface area contributed by atoms with Gasteiger partial charge in [-0.15, -0.1) is 11.3 Å². The highest BCUT2D eigenvalue weighted by Crippen LogP contribution is 2.40. The summed E-state index contributed by atoms with van der Waals surface area (Å²) in [7, 11) is -1.06. The summed E-state index contributed by atoms with van der Waals surface area (Å²) in [5.74, 6) is -3.07. The van der Waals surface area contributed by atoms with Gasteiger partial charge in [-0.2, -0.15) is 4.99 Å². The maximum absolute atomic E-state index is 12.8. The minimum Gasteiger partial charge on any atom is -0.497 e. The number of carbonyl (C=O) groups is 3. The summed E-state index contributed by atoms with van der Waals surface area (Å²) in [5, 5.41) is 2.87. The van der Waals surface area contributed by atoms with E-state index in [0.29, 0.717) is 36.0 Å². The van der Waals surface area contributed by atoms with Crippen LogP contribution in [-0.4, -0.2) is 69.7 Å². The molecule has 0 saturated heterocycles. The summed E-state index contributed by atoms with van der Waals surface area (Å²) in [6.45, 7) is 4.74. The van der Waals surface area contributed by atoms with E-state index >= 15 is 0 Å². The minimum absolute atomic E-state index is 0.173. The second kappa shape index (κ2) is 13.3. The summed E-state index contributed by atoms with van der Waals surface area (Å²) >= 11 is 2.49. The molecule has 0 saturated carbocycles. The van der Waals surface area contributed by atoms with Crippen molar-refractivity contribution in [3.8, 4) is 5.75 Å². The lowest BCUT2D eigenvalue weighted by Crippen LogP contribution is -2.28. The molecule has 4 rings (SSSR count). The van der Waals surface area contributed by atoms with Crippen molar-refractivity contribution in [3.05, 3.63) is 39.0 Å². The van der Waals surface area contributed by atoms with Gasteiger partial charge in [0.05, 0.1) is 36.1 Å². The first-order valence-electron chi connectivity index (χ1n) is 13.1. The number of carbonyl (C=O) groups excluding carboxylic acids is 3. The molecule has 2 aromatic heterocycles. The molecular weight excluding hydrogens is 591 g/mol. The number of nitrogens with one attached hydrogen (secondary N) is 1. The fourth-order valence-electron chi connectivity index (χ4n) is 4.66. The molecule has 41 heavy (non-hydrogen) atoms. The van der Waals surface area contributed by atoms with Crippen molar-refractivity contribution in [3.63, 3.8) is 0 Å². The van der Waals surface area contributed by atoms with Crippen molar-refractivity contribution in [2.24, 2.45) is 10.9 Å². The Morgan fingerprint density at radius 2 is 1.95 bits per heavy atom. The lowest BCUT2D eigenvalue weighted by molar-refractivity contribution is -0.115. The quantitative estimate of drug-likeness (QED) is 0.321. The summed E-state index contributed by atoms with van der Waals surface area (Å²) in [4.78, 5) is 43.7. The molecule has 0 fully saturated rings. The van der Waals surface area contributed by atoms with Gasteiger partial charge in [0.25, 0.3) is 5.91 Å². The van der Waals surface area contributed by atoms with E-state index in [4.69, 9.17) is 14.2 Å². The number of methoxy groups -OCH3 is 2. The summed E-state index contributed by atoms with van der Waals surface area (Å²) < 4.78 is 43.9. The molecule has 0 radical (unpaired) electrons. The van der Waals surface area contributed by atoms with E-state index in [9.17, 15) is 22.8 Å². The fourth-order valence-corrected chi connectivity index (χ4v) is 8.19. The Morgan fingerprint density at radius 3 is 2.66 bits per heavy atom. The maximum atomic E-state index is 12.8. The van der Waals surface area contributed by atoms with Gasteiger partial charge in [-0.05, 0) is 55.9 Å². The normalized spacial score (nSPS) is 15.5.